The van der Waals surface area contributed by atoms with E-state index >= 15 is 0 Å². The number of rotatable bonds is 0. The minimum absolute atomic E-state index is 0.357. The van der Waals surface area contributed by atoms with E-state index in [1.54, 1.807) is 0 Å². The molecule has 2 nitrogen and oxygen atoms in total. The first-order valence-corrected chi connectivity index (χ1v) is 4.83. The van der Waals surface area contributed by atoms with Gasteiger partial charge in [-0.3, -0.25) is 0 Å². The molecule has 6 heteroatoms. The van der Waals surface area contributed by atoms with Crippen molar-refractivity contribution in [3.8, 4) is 0 Å². The van der Waals surface area contributed by atoms with Crippen molar-refractivity contribution in [2.45, 2.75) is 2.14 Å². The van der Waals surface area contributed by atoms with Crippen LogP contribution in [0.1, 0.15) is 0 Å². The third-order valence-corrected chi connectivity index (χ3v) is 1.76. The lowest BCUT2D eigenvalue weighted by Gasteiger charge is -2.07. The predicted molar refractivity (Wildman–Crippen MR) is 45.5 cm³/mol. The van der Waals surface area contributed by atoms with Crippen LogP contribution in [0.15, 0.2) is 0 Å². The fraction of sp³-hybridized carbons (Fsp3) is 0.500. The topological polar surface area (TPSA) is 26.3 Å². The Labute approximate surface area is 75.3 Å². The van der Waals surface area contributed by atoms with Gasteiger partial charge in [-0.1, -0.05) is 0 Å². The molecule has 0 aliphatic rings. The van der Waals surface area contributed by atoms with Gasteiger partial charge in [0.2, 0.25) is 12.6 Å². The second kappa shape index (κ2) is 3.33. The Bertz CT molecular complexity index is 97.9. The Kier molecular flexibility index (Phi) is 3.80. The van der Waals surface area contributed by atoms with Crippen LogP contribution in [0.4, 0.5) is 0 Å². The van der Waals surface area contributed by atoms with Crippen molar-refractivity contribution in [1.29, 1.82) is 0 Å². The van der Waals surface area contributed by atoms with Gasteiger partial charge in [0.25, 0.3) is 0 Å². The van der Waals surface area contributed by atoms with Gasteiger partial charge in [-0.2, -0.15) is 0 Å². The molecule has 0 aromatic rings. The summed E-state index contributed by atoms with van der Waals surface area (Å²) in [6.07, 6.45) is 0. The number of hydrogen-bond acceptors (Lipinski definition) is 2. The fourth-order valence-corrected chi connectivity index (χ4v) is 1.80. The standard InChI is InChI=1S/C2H3Br3O2Si/c3-2(4,5)1(6)7-8/h8H3. The summed E-state index contributed by atoms with van der Waals surface area (Å²) in [5.74, 6) is -0.357. The summed E-state index contributed by atoms with van der Waals surface area (Å²) < 4.78 is 3.59. The molecule has 0 heterocycles. The highest BCUT2D eigenvalue weighted by Crippen LogP contribution is 2.34. The maximum atomic E-state index is 10.5. The number of alkyl halides is 3. The molecule has 0 amide bonds. The third-order valence-electron chi connectivity index (χ3n) is 0.417. The van der Waals surface area contributed by atoms with Crippen LogP contribution in [0, 0.1) is 0 Å². The van der Waals surface area contributed by atoms with E-state index in [1.807, 2.05) is 0 Å². The lowest BCUT2D eigenvalue weighted by molar-refractivity contribution is -0.132. The zero-order chi connectivity index (χ0) is 6.78. The molecule has 0 aliphatic carbocycles. The first-order chi connectivity index (χ1) is 3.48. The maximum absolute atomic E-state index is 10.5. The molecule has 0 rings (SSSR count). The van der Waals surface area contributed by atoms with E-state index in [4.69, 9.17) is 0 Å². The molecule has 0 saturated carbocycles. The van der Waals surface area contributed by atoms with Crippen molar-refractivity contribution in [3.05, 3.63) is 0 Å². The third kappa shape index (κ3) is 3.21. The Balaban J connectivity index is 3.82. The highest BCUT2D eigenvalue weighted by atomic mass is 80.0. The molecule has 0 radical (unpaired) electrons. The summed E-state index contributed by atoms with van der Waals surface area (Å²) in [6, 6.07) is 0. The SMILES string of the molecule is O=C(O[SiH3])C(Br)(Br)Br. The van der Waals surface area contributed by atoms with Crippen LogP contribution >= 0.6 is 47.8 Å². The van der Waals surface area contributed by atoms with E-state index in [2.05, 4.69) is 52.2 Å². The number of carbonyl (C=O) groups excluding carboxylic acids is 1. The Morgan fingerprint density at radius 3 is 1.88 bits per heavy atom. The van der Waals surface area contributed by atoms with Crippen molar-refractivity contribution >= 4 is 64.2 Å². The van der Waals surface area contributed by atoms with Crippen molar-refractivity contribution in [1.82, 2.24) is 0 Å². The van der Waals surface area contributed by atoms with Gasteiger partial charge in [-0.05, 0) is 47.8 Å². The van der Waals surface area contributed by atoms with E-state index in [1.165, 1.54) is 0 Å². The second-order valence-electron chi connectivity index (χ2n) is 0.989. The molecule has 0 N–H and O–H groups in total. The molecule has 0 bridgehead atoms. The van der Waals surface area contributed by atoms with E-state index in [9.17, 15) is 4.79 Å². The van der Waals surface area contributed by atoms with E-state index in [-0.39, 0.29) is 5.97 Å². The van der Waals surface area contributed by atoms with Crippen LogP contribution in [0.25, 0.3) is 0 Å². The second-order valence-corrected chi connectivity index (χ2v) is 8.16. The molecule has 8 heavy (non-hydrogen) atoms. The largest absolute Gasteiger partial charge is 0.526 e. The lowest BCUT2D eigenvalue weighted by Crippen LogP contribution is -2.18. The number of hydrogen-bond donors (Lipinski definition) is 0. The van der Waals surface area contributed by atoms with Gasteiger partial charge < -0.3 is 4.43 Å². The average Bonchev–Trinajstić information content (AvgIpc) is 1.62. The molecule has 48 valence electrons. The molecule has 0 aromatic carbocycles. The Morgan fingerprint density at radius 1 is 1.50 bits per heavy atom. The monoisotopic (exact) mass is 324 g/mol. The van der Waals surface area contributed by atoms with Crippen molar-refractivity contribution in [2.24, 2.45) is 0 Å². The van der Waals surface area contributed by atoms with Crippen LogP contribution in [0.2, 0.25) is 0 Å². The highest BCUT2D eigenvalue weighted by Gasteiger charge is 2.28. The van der Waals surface area contributed by atoms with Crippen molar-refractivity contribution in [3.63, 3.8) is 0 Å². The number of carbonyl (C=O) groups is 1. The molecule has 0 saturated heterocycles. The van der Waals surface area contributed by atoms with Crippen LogP contribution in [-0.2, 0) is 9.22 Å². The van der Waals surface area contributed by atoms with Gasteiger partial charge in [0.05, 0.1) is 0 Å². The van der Waals surface area contributed by atoms with Crippen molar-refractivity contribution < 1.29 is 9.22 Å². The smallest absolute Gasteiger partial charge is 0.330 e. The van der Waals surface area contributed by atoms with Gasteiger partial charge in [0.15, 0.2) is 0 Å². The van der Waals surface area contributed by atoms with Crippen LogP contribution in [0.5, 0.6) is 0 Å². The average molecular weight is 327 g/mol. The molecule has 0 aliphatic heterocycles. The summed E-state index contributed by atoms with van der Waals surface area (Å²) in [7, 11) is 0.414. The zero-order valence-electron chi connectivity index (χ0n) is 3.95. The number of halogens is 3. The molecule has 0 unspecified atom stereocenters. The van der Waals surface area contributed by atoms with Gasteiger partial charge >= 0.3 is 5.97 Å². The Hall–Kier alpha value is 1.13. The van der Waals surface area contributed by atoms with Gasteiger partial charge in [0.1, 0.15) is 0 Å². The highest BCUT2D eigenvalue weighted by molar-refractivity contribution is 9.40. The van der Waals surface area contributed by atoms with Crippen LogP contribution in [0.3, 0.4) is 0 Å². The summed E-state index contributed by atoms with van der Waals surface area (Å²) in [4.78, 5) is 10.5. The molecule has 0 atom stereocenters. The van der Waals surface area contributed by atoms with Crippen LogP contribution in [-0.4, -0.2) is 18.6 Å². The first-order valence-electron chi connectivity index (χ1n) is 1.63. The first kappa shape index (κ1) is 9.13. The maximum Gasteiger partial charge on any atom is 0.330 e. The van der Waals surface area contributed by atoms with Gasteiger partial charge in [-0.25, -0.2) is 4.79 Å². The van der Waals surface area contributed by atoms with Gasteiger partial charge in [0, 0.05) is 0 Å². The summed E-state index contributed by atoms with van der Waals surface area (Å²) in [5, 5.41) is 0. The fourth-order valence-electron chi connectivity index (χ4n) is 0.116. The van der Waals surface area contributed by atoms with Crippen molar-refractivity contribution in [2.75, 3.05) is 0 Å². The van der Waals surface area contributed by atoms with E-state index in [0.29, 0.717) is 10.5 Å². The molecular formula is C2H3Br3O2Si. The Morgan fingerprint density at radius 2 is 1.88 bits per heavy atom. The molecular weight excluding hydrogens is 324 g/mol. The lowest BCUT2D eigenvalue weighted by atomic mass is 10.8. The van der Waals surface area contributed by atoms with Gasteiger partial charge in [-0.15, -0.1) is 0 Å². The summed E-state index contributed by atoms with van der Waals surface area (Å²) >= 11 is 8.96. The molecule has 0 spiro atoms. The normalized spacial score (nSPS) is 11.4. The summed E-state index contributed by atoms with van der Waals surface area (Å²) in [6.45, 7) is 0. The minimum Gasteiger partial charge on any atom is -0.526 e. The predicted octanol–water partition coefficient (Wildman–Crippen LogP) is 0.648. The minimum atomic E-state index is -0.880. The van der Waals surface area contributed by atoms with Crippen LogP contribution < -0.4 is 0 Å². The molecule has 0 fully saturated rings. The van der Waals surface area contributed by atoms with E-state index < -0.39 is 2.14 Å². The van der Waals surface area contributed by atoms with E-state index in [0.717, 1.165) is 0 Å². The quantitative estimate of drug-likeness (QED) is 0.482. The summed E-state index contributed by atoms with van der Waals surface area (Å²) in [5.41, 5.74) is 0. The zero-order valence-corrected chi connectivity index (χ0v) is 10.7. The molecule has 0 aromatic heterocycles.